The van der Waals surface area contributed by atoms with Gasteiger partial charge in [0.05, 0.1) is 0 Å². The molecule has 26 heavy (non-hydrogen) atoms. The van der Waals surface area contributed by atoms with Gasteiger partial charge in [0, 0.05) is 19.5 Å². The monoisotopic (exact) mass is 365 g/mol. The van der Waals surface area contributed by atoms with Crippen LogP contribution < -0.4 is 0 Å². The number of benzene rings is 2. The van der Waals surface area contributed by atoms with E-state index in [4.69, 9.17) is 5.11 Å². The predicted molar refractivity (Wildman–Crippen MR) is 89.6 cm³/mol. The quantitative estimate of drug-likeness (QED) is 0.900. The lowest BCUT2D eigenvalue weighted by atomic mass is 9.86. The van der Waals surface area contributed by atoms with E-state index in [1.54, 1.807) is 0 Å². The number of amides is 1. The number of carbonyl (C=O) groups excluding carboxylic acids is 1. The Hall–Kier alpha value is -2.57. The molecule has 1 N–H and O–H groups in total. The standard InChI is InChI=1S/C19H18F3NO3/c20-19(21,22)18(17(25)26)9-10-23(12-18)16(24)8-6-13-5-7-14-3-1-2-4-15(14)11-13/h1-5,7,11H,6,8-10,12H2,(H,25,26). The lowest BCUT2D eigenvalue weighted by Crippen LogP contribution is -2.47. The molecule has 1 aliphatic heterocycles. The second-order valence-electron chi connectivity index (χ2n) is 6.63. The van der Waals surface area contributed by atoms with Gasteiger partial charge in [-0.15, -0.1) is 0 Å². The molecule has 7 heteroatoms. The molecule has 2 aromatic carbocycles. The maximum Gasteiger partial charge on any atom is 0.406 e. The summed E-state index contributed by atoms with van der Waals surface area (Å²) in [5.41, 5.74) is -1.94. The van der Waals surface area contributed by atoms with E-state index >= 15 is 0 Å². The van der Waals surface area contributed by atoms with E-state index in [1.165, 1.54) is 0 Å². The zero-order valence-electron chi connectivity index (χ0n) is 13.9. The Morgan fingerprint density at radius 3 is 2.42 bits per heavy atom. The molecule has 0 bridgehead atoms. The zero-order valence-corrected chi connectivity index (χ0v) is 13.9. The van der Waals surface area contributed by atoms with Crippen molar-refractivity contribution < 1.29 is 27.9 Å². The number of hydrogen-bond donors (Lipinski definition) is 1. The molecule has 1 amide bonds. The average Bonchev–Trinajstić information content (AvgIpc) is 3.06. The topological polar surface area (TPSA) is 57.6 Å². The Bertz CT molecular complexity index is 849. The third-order valence-electron chi connectivity index (χ3n) is 5.02. The van der Waals surface area contributed by atoms with Gasteiger partial charge in [-0.3, -0.25) is 9.59 Å². The maximum absolute atomic E-state index is 13.2. The maximum atomic E-state index is 13.2. The summed E-state index contributed by atoms with van der Waals surface area (Å²) in [6.07, 6.45) is -5.04. The minimum Gasteiger partial charge on any atom is -0.481 e. The van der Waals surface area contributed by atoms with Crippen LogP contribution in [0.25, 0.3) is 10.8 Å². The molecule has 1 fully saturated rings. The highest BCUT2D eigenvalue weighted by molar-refractivity contribution is 5.84. The Labute approximate surface area is 148 Å². The van der Waals surface area contributed by atoms with E-state index in [9.17, 15) is 22.8 Å². The summed E-state index contributed by atoms with van der Waals surface area (Å²) in [5, 5.41) is 11.1. The molecule has 4 nitrogen and oxygen atoms in total. The van der Waals surface area contributed by atoms with Gasteiger partial charge in [-0.25, -0.2) is 0 Å². The van der Waals surface area contributed by atoms with E-state index in [0.29, 0.717) is 6.42 Å². The molecule has 0 saturated carbocycles. The van der Waals surface area contributed by atoms with Crippen molar-refractivity contribution in [2.45, 2.75) is 25.4 Å². The lowest BCUT2D eigenvalue weighted by Gasteiger charge is -2.27. The number of carbonyl (C=O) groups is 2. The van der Waals surface area contributed by atoms with Crippen molar-refractivity contribution in [2.24, 2.45) is 5.41 Å². The molecule has 0 aromatic heterocycles. The molecule has 0 radical (unpaired) electrons. The second kappa shape index (κ2) is 6.63. The number of aryl methyl sites for hydroxylation is 1. The number of hydrogen-bond acceptors (Lipinski definition) is 2. The van der Waals surface area contributed by atoms with Gasteiger partial charge in [-0.2, -0.15) is 13.2 Å². The average molecular weight is 365 g/mol. The number of aliphatic carboxylic acids is 1. The van der Waals surface area contributed by atoms with Gasteiger partial charge in [-0.1, -0.05) is 42.5 Å². The number of carboxylic acids is 1. The molecule has 1 aliphatic rings. The first-order valence-corrected chi connectivity index (χ1v) is 8.28. The van der Waals surface area contributed by atoms with Gasteiger partial charge in [0.1, 0.15) is 0 Å². The third-order valence-corrected chi connectivity index (χ3v) is 5.02. The Morgan fingerprint density at radius 2 is 1.81 bits per heavy atom. The van der Waals surface area contributed by atoms with Crippen molar-refractivity contribution >= 4 is 22.6 Å². The van der Waals surface area contributed by atoms with E-state index in [1.807, 2.05) is 42.5 Å². The molecule has 1 atom stereocenters. The largest absolute Gasteiger partial charge is 0.481 e. The number of likely N-dealkylation sites (tertiary alicyclic amines) is 1. The fraction of sp³-hybridized carbons (Fsp3) is 0.368. The van der Waals surface area contributed by atoms with Crippen LogP contribution >= 0.6 is 0 Å². The summed E-state index contributed by atoms with van der Waals surface area (Å²) in [6.45, 7) is -1.01. The molecule has 1 saturated heterocycles. The predicted octanol–water partition coefficient (Wildman–Crippen LogP) is 3.64. The van der Waals surface area contributed by atoms with Crippen molar-refractivity contribution in [2.75, 3.05) is 13.1 Å². The van der Waals surface area contributed by atoms with Crippen LogP contribution in [-0.4, -0.2) is 41.1 Å². The molecule has 1 unspecified atom stereocenters. The first-order valence-electron chi connectivity index (χ1n) is 8.28. The normalized spacial score (nSPS) is 20.5. The first-order chi connectivity index (χ1) is 12.2. The molecule has 0 aliphatic carbocycles. The number of halogens is 3. The summed E-state index contributed by atoms with van der Waals surface area (Å²) >= 11 is 0. The van der Waals surface area contributed by atoms with Gasteiger partial charge in [-0.05, 0) is 29.2 Å². The third kappa shape index (κ3) is 3.25. The van der Waals surface area contributed by atoms with Crippen molar-refractivity contribution in [3.8, 4) is 0 Å². The molecule has 1 heterocycles. The zero-order chi connectivity index (χ0) is 18.9. The van der Waals surface area contributed by atoms with Crippen LogP contribution in [-0.2, 0) is 16.0 Å². The van der Waals surface area contributed by atoms with Gasteiger partial charge in [0.2, 0.25) is 5.91 Å². The first kappa shape index (κ1) is 18.2. The SMILES string of the molecule is O=C(CCc1ccc2ccccc2c1)N1CCC(C(=O)O)(C(F)(F)F)C1. The summed E-state index contributed by atoms with van der Waals surface area (Å²) in [6, 6.07) is 13.5. The summed E-state index contributed by atoms with van der Waals surface area (Å²) < 4.78 is 39.6. The van der Waals surface area contributed by atoms with E-state index in [2.05, 4.69) is 0 Å². The fourth-order valence-electron chi connectivity index (χ4n) is 3.35. The number of alkyl halides is 3. The number of rotatable bonds is 4. The molecule has 3 rings (SSSR count). The minimum absolute atomic E-state index is 0.0475. The summed E-state index contributed by atoms with van der Waals surface area (Å²) in [5.74, 6) is -2.37. The lowest BCUT2D eigenvalue weighted by molar-refractivity contribution is -0.227. The van der Waals surface area contributed by atoms with E-state index in [-0.39, 0.29) is 13.0 Å². The van der Waals surface area contributed by atoms with E-state index in [0.717, 1.165) is 21.2 Å². The minimum atomic E-state index is -4.88. The Balaban J connectivity index is 1.66. The molecule has 138 valence electrons. The van der Waals surface area contributed by atoms with Crippen molar-refractivity contribution in [1.29, 1.82) is 0 Å². The van der Waals surface area contributed by atoms with Crippen LogP contribution in [0.1, 0.15) is 18.4 Å². The Morgan fingerprint density at radius 1 is 1.12 bits per heavy atom. The number of nitrogens with zero attached hydrogens (tertiary/aromatic N) is 1. The highest BCUT2D eigenvalue weighted by Crippen LogP contribution is 2.45. The second-order valence-corrected chi connectivity index (χ2v) is 6.63. The molecular weight excluding hydrogens is 347 g/mol. The Kier molecular flexibility index (Phi) is 4.64. The molecule has 0 spiro atoms. The summed E-state index contributed by atoms with van der Waals surface area (Å²) in [4.78, 5) is 24.5. The van der Waals surface area contributed by atoms with Gasteiger partial charge in [0.15, 0.2) is 5.41 Å². The number of carboxylic acid groups (broad SMARTS) is 1. The van der Waals surface area contributed by atoms with Crippen LogP contribution in [0.15, 0.2) is 42.5 Å². The van der Waals surface area contributed by atoms with E-state index < -0.39 is 36.4 Å². The molecular formula is C19H18F3NO3. The van der Waals surface area contributed by atoms with Crippen LogP contribution in [0.3, 0.4) is 0 Å². The van der Waals surface area contributed by atoms with Gasteiger partial charge < -0.3 is 10.0 Å². The van der Waals surface area contributed by atoms with Crippen LogP contribution in [0.5, 0.6) is 0 Å². The van der Waals surface area contributed by atoms with Gasteiger partial charge >= 0.3 is 12.1 Å². The van der Waals surface area contributed by atoms with Crippen LogP contribution in [0.4, 0.5) is 13.2 Å². The highest BCUT2D eigenvalue weighted by atomic mass is 19.4. The van der Waals surface area contributed by atoms with Crippen LogP contribution in [0.2, 0.25) is 0 Å². The fourth-order valence-corrected chi connectivity index (χ4v) is 3.35. The highest BCUT2D eigenvalue weighted by Gasteiger charge is 2.64. The number of fused-ring (bicyclic) bond motifs is 1. The van der Waals surface area contributed by atoms with Crippen LogP contribution in [0, 0.1) is 5.41 Å². The molecule has 2 aromatic rings. The smallest absolute Gasteiger partial charge is 0.406 e. The van der Waals surface area contributed by atoms with Crippen molar-refractivity contribution in [3.63, 3.8) is 0 Å². The van der Waals surface area contributed by atoms with Gasteiger partial charge in [0.25, 0.3) is 0 Å². The summed E-state index contributed by atoms with van der Waals surface area (Å²) in [7, 11) is 0. The van der Waals surface area contributed by atoms with Crippen molar-refractivity contribution in [1.82, 2.24) is 4.90 Å². The van der Waals surface area contributed by atoms with Crippen molar-refractivity contribution in [3.05, 3.63) is 48.0 Å².